The van der Waals surface area contributed by atoms with Crippen LogP contribution in [0.15, 0.2) is 29.0 Å². The van der Waals surface area contributed by atoms with Crippen molar-refractivity contribution in [3.05, 3.63) is 51.2 Å². The van der Waals surface area contributed by atoms with Gasteiger partial charge in [-0.2, -0.15) is 0 Å². The summed E-state index contributed by atoms with van der Waals surface area (Å²) in [5, 5.41) is 10.9. The normalized spacial score (nSPS) is 11.0. The minimum absolute atomic E-state index is 0.0312. The van der Waals surface area contributed by atoms with Gasteiger partial charge >= 0.3 is 0 Å². The molecule has 0 saturated carbocycles. The smallest absolute Gasteiger partial charge is 0.191 e. The molecule has 3 aromatic rings. The van der Waals surface area contributed by atoms with E-state index in [1.54, 1.807) is 17.7 Å². The molecule has 3 aromatic heterocycles. The number of carbonyl (C=O) groups is 2. The monoisotopic (exact) mass is 388 g/mol. The molecule has 136 valence electrons. The van der Waals surface area contributed by atoms with Crippen LogP contribution in [0.4, 0.5) is 0 Å². The number of rotatable bonds is 8. The zero-order chi connectivity index (χ0) is 18.7. The third-order valence-corrected chi connectivity index (χ3v) is 6.08. The van der Waals surface area contributed by atoms with Gasteiger partial charge in [0, 0.05) is 22.7 Å². The predicted octanol–water partition coefficient (Wildman–Crippen LogP) is 3.70. The first-order valence-corrected chi connectivity index (χ1v) is 10.1. The van der Waals surface area contributed by atoms with E-state index in [1.165, 1.54) is 23.6 Å². The highest BCUT2D eigenvalue weighted by atomic mass is 32.2. The largest absolute Gasteiger partial charge is 0.355 e. The zero-order valence-corrected chi connectivity index (χ0v) is 16.5. The summed E-state index contributed by atoms with van der Waals surface area (Å²) in [4.78, 5) is 28.7. The quantitative estimate of drug-likeness (QED) is 0.470. The first kappa shape index (κ1) is 18.6. The Balaban J connectivity index is 1.65. The lowest BCUT2D eigenvalue weighted by molar-refractivity contribution is 0.101. The first-order valence-electron chi connectivity index (χ1n) is 8.23. The Morgan fingerprint density at radius 1 is 1.35 bits per heavy atom. The number of thioether (sulfide) groups is 1. The second-order valence-corrected chi connectivity index (χ2v) is 8.00. The Morgan fingerprint density at radius 2 is 2.15 bits per heavy atom. The lowest BCUT2D eigenvalue weighted by atomic mass is 10.1. The minimum Gasteiger partial charge on any atom is -0.355 e. The fourth-order valence-electron chi connectivity index (χ4n) is 2.95. The predicted molar refractivity (Wildman–Crippen MR) is 103 cm³/mol. The molecule has 0 spiro atoms. The number of nitrogens with one attached hydrogen (secondary N) is 1. The standard InChI is InChI=1S/C18H20N4O2S2/c1-11-16(13(3)23)12(2)20-17(11)15(24)9-26-18-21-19-10-22(18)7-6-14-5-4-8-25-14/h4-5,8,10,20H,6-7,9H2,1-3H3. The number of thiophene rings is 1. The summed E-state index contributed by atoms with van der Waals surface area (Å²) in [6.07, 6.45) is 2.60. The summed E-state index contributed by atoms with van der Waals surface area (Å²) in [5.74, 6) is 0.169. The molecule has 26 heavy (non-hydrogen) atoms. The van der Waals surface area contributed by atoms with Crippen molar-refractivity contribution in [1.82, 2.24) is 19.7 Å². The molecule has 0 saturated heterocycles. The van der Waals surface area contributed by atoms with E-state index in [0.717, 1.165) is 29.4 Å². The van der Waals surface area contributed by atoms with E-state index >= 15 is 0 Å². The molecule has 0 aliphatic rings. The van der Waals surface area contributed by atoms with Gasteiger partial charge in [0.15, 0.2) is 16.7 Å². The van der Waals surface area contributed by atoms with Crippen molar-refractivity contribution < 1.29 is 9.59 Å². The average molecular weight is 389 g/mol. The van der Waals surface area contributed by atoms with Crippen molar-refractivity contribution >= 4 is 34.7 Å². The molecule has 0 bridgehead atoms. The molecule has 0 aliphatic heterocycles. The van der Waals surface area contributed by atoms with Crippen LogP contribution in [0.2, 0.25) is 0 Å². The maximum Gasteiger partial charge on any atom is 0.191 e. The summed E-state index contributed by atoms with van der Waals surface area (Å²) >= 11 is 3.09. The maximum absolute atomic E-state index is 12.6. The van der Waals surface area contributed by atoms with Crippen molar-refractivity contribution in [2.75, 3.05) is 5.75 Å². The Labute approximate surface area is 160 Å². The molecule has 3 heterocycles. The first-order chi connectivity index (χ1) is 12.5. The Morgan fingerprint density at radius 3 is 2.81 bits per heavy atom. The van der Waals surface area contributed by atoms with E-state index in [1.807, 2.05) is 24.5 Å². The van der Waals surface area contributed by atoms with E-state index in [0.29, 0.717) is 11.3 Å². The van der Waals surface area contributed by atoms with Gasteiger partial charge in [0.1, 0.15) is 6.33 Å². The molecule has 0 amide bonds. The maximum atomic E-state index is 12.6. The summed E-state index contributed by atoms with van der Waals surface area (Å²) in [6, 6.07) is 4.14. The highest BCUT2D eigenvalue weighted by Crippen LogP contribution is 2.22. The SMILES string of the molecule is CC(=O)c1c(C)[nH]c(C(=O)CSc2nncn2CCc2cccs2)c1C. The van der Waals surface area contributed by atoms with Crippen molar-refractivity contribution in [2.24, 2.45) is 0 Å². The van der Waals surface area contributed by atoms with Gasteiger partial charge in [0.05, 0.1) is 11.4 Å². The van der Waals surface area contributed by atoms with Crippen LogP contribution >= 0.6 is 23.1 Å². The van der Waals surface area contributed by atoms with Gasteiger partial charge in [0.25, 0.3) is 0 Å². The number of ketones is 2. The number of nitrogens with zero attached hydrogens (tertiary/aromatic N) is 3. The Kier molecular flexibility index (Phi) is 5.73. The fraction of sp³-hybridized carbons (Fsp3) is 0.333. The number of Topliss-reactive ketones (excluding diaryl/α,β-unsaturated/α-hetero) is 2. The highest BCUT2D eigenvalue weighted by molar-refractivity contribution is 7.99. The number of aromatic amines is 1. The molecule has 8 heteroatoms. The summed E-state index contributed by atoms with van der Waals surface area (Å²) < 4.78 is 1.96. The van der Waals surface area contributed by atoms with Gasteiger partial charge in [-0.1, -0.05) is 17.8 Å². The van der Waals surface area contributed by atoms with E-state index in [9.17, 15) is 9.59 Å². The topological polar surface area (TPSA) is 80.6 Å². The van der Waals surface area contributed by atoms with Crippen LogP contribution in [0.25, 0.3) is 0 Å². The molecule has 0 aliphatic carbocycles. The van der Waals surface area contributed by atoms with Crippen molar-refractivity contribution in [1.29, 1.82) is 0 Å². The number of hydrogen-bond acceptors (Lipinski definition) is 6. The highest BCUT2D eigenvalue weighted by Gasteiger charge is 2.20. The van der Waals surface area contributed by atoms with Crippen LogP contribution in [0, 0.1) is 13.8 Å². The van der Waals surface area contributed by atoms with Crippen LogP contribution in [0.3, 0.4) is 0 Å². The van der Waals surface area contributed by atoms with Gasteiger partial charge in [-0.25, -0.2) is 0 Å². The minimum atomic E-state index is -0.0455. The molecule has 0 atom stereocenters. The fourth-order valence-corrected chi connectivity index (χ4v) is 4.47. The lowest BCUT2D eigenvalue weighted by Gasteiger charge is -2.05. The molecular weight excluding hydrogens is 368 g/mol. The van der Waals surface area contributed by atoms with Gasteiger partial charge in [-0.15, -0.1) is 21.5 Å². The molecule has 1 N–H and O–H groups in total. The van der Waals surface area contributed by atoms with Crippen LogP contribution in [0.5, 0.6) is 0 Å². The van der Waals surface area contributed by atoms with Gasteiger partial charge in [0.2, 0.25) is 0 Å². The third-order valence-electron chi connectivity index (χ3n) is 4.16. The van der Waals surface area contributed by atoms with E-state index < -0.39 is 0 Å². The van der Waals surface area contributed by atoms with Gasteiger partial charge < -0.3 is 9.55 Å². The third kappa shape index (κ3) is 3.96. The van der Waals surface area contributed by atoms with Crippen molar-refractivity contribution in [2.45, 2.75) is 38.9 Å². The van der Waals surface area contributed by atoms with Crippen molar-refractivity contribution in [3.63, 3.8) is 0 Å². The summed E-state index contributed by atoms with van der Waals surface area (Å²) in [5.41, 5.74) is 2.57. The van der Waals surface area contributed by atoms with Crippen LogP contribution in [-0.2, 0) is 13.0 Å². The molecule has 3 rings (SSSR count). The second kappa shape index (κ2) is 8.01. The number of H-pyrrole nitrogens is 1. The van der Waals surface area contributed by atoms with Crippen molar-refractivity contribution in [3.8, 4) is 0 Å². The summed E-state index contributed by atoms with van der Waals surface area (Å²) in [6.45, 7) is 5.91. The lowest BCUT2D eigenvalue weighted by Crippen LogP contribution is -2.07. The average Bonchev–Trinajstić information content (AvgIpc) is 3.31. The number of carbonyl (C=O) groups excluding carboxylic acids is 2. The summed E-state index contributed by atoms with van der Waals surface area (Å²) in [7, 11) is 0. The Hall–Kier alpha value is -2.19. The Bertz CT molecular complexity index is 925. The van der Waals surface area contributed by atoms with E-state index in [4.69, 9.17) is 0 Å². The number of hydrogen-bond donors (Lipinski definition) is 1. The van der Waals surface area contributed by atoms with Crippen LogP contribution in [0.1, 0.15) is 43.9 Å². The van der Waals surface area contributed by atoms with Gasteiger partial charge in [-0.05, 0) is 44.2 Å². The molecule has 0 aromatic carbocycles. The molecule has 0 fully saturated rings. The molecule has 0 unspecified atom stereocenters. The van der Waals surface area contributed by atoms with E-state index in [-0.39, 0.29) is 17.3 Å². The molecule has 0 radical (unpaired) electrons. The molecule has 6 nitrogen and oxygen atoms in total. The van der Waals surface area contributed by atoms with Crippen LogP contribution in [-0.4, -0.2) is 37.1 Å². The van der Waals surface area contributed by atoms with E-state index in [2.05, 4.69) is 26.6 Å². The number of aromatic nitrogens is 4. The molecular formula is C18H20N4O2S2. The number of aryl methyl sites for hydroxylation is 3. The second-order valence-electron chi connectivity index (χ2n) is 6.03. The van der Waals surface area contributed by atoms with Gasteiger partial charge in [-0.3, -0.25) is 9.59 Å². The van der Waals surface area contributed by atoms with Crippen LogP contribution < -0.4 is 0 Å². The zero-order valence-electron chi connectivity index (χ0n) is 14.9.